The number of sulfone groups is 1. The number of rotatable bonds is 11. The molecule has 0 saturated heterocycles. The van der Waals surface area contributed by atoms with Gasteiger partial charge in [0.25, 0.3) is 0 Å². The van der Waals surface area contributed by atoms with Crippen molar-refractivity contribution in [3.8, 4) is 0 Å². The second-order valence-corrected chi connectivity index (χ2v) is 9.54. The Bertz CT molecular complexity index is 724. The van der Waals surface area contributed by atoms with Gasteiger partial charge in [-0.1, -0.05) is 57.2 Å². The minimum Gasteiger partial charge on any atom is -0.255 e. The van der Waals surface area contributed by atoms with Gasteiger partial charge >= 0.3 is 0 Å². The molecular formula is C19H27NO2S2. The first-order valence-electron chi connectivity index (χ1n) is 8.79. The van der Waals surface area contributed by atoms with Gasteiger partial charge in [-0.3, -0.25) is 4.98 Å². The fraction of sp³-hybridized carbons (Fsp3) is 0.526. The first-order valence-corrected chi connectivity index (χ1v) is 11.6. The number of hydrogen-bond acceptors (Lipinski definition) is 4. The predicted octanol–water partition coefficient (Wildman–Crippen LogP) is 5.10. The number of aromatic nitrogens is 1. The van der Waals surface area contributed by atoms with E-state index < -0.39 is 9.84 Å². The van der Waals surface area contributed by atoms with Crippen LogP contribution in [-0.4, -0.2) is 30.7 Å². The molecule has 3 nitrogen and oxygen atoms in total. The van der Waals surface area contributed by atoms with Crippen LogP contribution >= 0.6 is 11.8 Å². The minimum absolute atomic E-state index is 0.246. The van der Waals surface area contributed by atoms with Crippen LogP contribution in [0.5, 0.6) is 0 Å². The van der Waals surface area contributed by atoms with Crippen molar-refractivity contribution < 1.29 is 8.42 Å². The fourth-order valence-electron chi connectivity index (χ4n) is 2.68. The highest BCUT2D eigenvalue weighted by Gasteiger charge is 2.11. The van der Waals surface area contributed by atoms with Gasteiger partial charge in [-0.05, 0) is 18.6 Å². The largest absolute Gasteiger partial charge is 0.255 e. The molecule has 5 heteroatoms. The Balaban J connectivity index is 1.76. The summed E-state index contributed by atoms with van der Waals surface area (Å²) in [4.78, 5) is 5.47. The van der Waals surface area contributed by atoms with Crippen LogP contribution in [0, 0.1) is 0 Å². The van der Waals surface area contributed by atoms with Crippen molar-refractivity contribution in [3.05, 3.63) is 36.5 Å². The molecule has 0 amide bonds. The van der Waals surface area contributed by atoms with Crippen molar-refractivity contribution in [2.75, 3.05) is 17.3 Å². The molecule has 2 rings (SSSR count). The predicted molar refractivity (Wildman–Crippen MR) is 104 cm³/mol. The Morgan fingerprint density at radius 1 is 0.958 bits per heavy atom. The molecule has 0 fully saturated rings. The van der Waals surface area contributed by atoms with Gasteiger partial charge < -0.3 is 0 Å². The number of benzene rings is 1. The Hall–Kier alpha value is -1.07. The molecule has 2 aromatic rings. The van der Waals surface area contributed by atoms with Gasteiger partial charge in [0, 0.05) is 22.2 Å². The fourth-order valence-corrected chi connectivity index (χ4v) is 5.57. The molecule has 0 aliphatic rings. The standard InChI is InChI=1S/C19H27NO2S2/c1-2-3-4-5-6-7-15-24(21,22)16-14-23-18-12-8-10-17-11-9-13-20-19(17)18/h8-13H,2-7,14-16H2,1H3. The number of hydrogen-bond donors (Lipinski definition) is 0. The molecule has 132 valence electrons. The summed E-state index contributed by atoms with van der Waals surface area (Å²) < 4.78 is 24.3. The van der Waals surface area contributed by atoms with E-state index in [-0.39, 0.29) is 5.75 Å². The molecule has 0 spiro atoms. The molecule has 0 aliphatic carbocycles. The summed E-state index contributed by atoms with van der Waals surface area (Å²) >= 11 is 1.59. The summed E-state index contributed by atoms with van der Waals surface area (Å²) in [6, 6.07) is 9.99. The highest BCUT2D eigenvalue weighted by Crippen LogP contribution is 2.26. The van der Waals surface area contributed by atoms with E-state index in [0.29, 0.717) is 11.5 Å². The topological polar surface area (TPSA) is 47.0 Å². The van der Waals surface area contributed by atoms with E-state index >= 15 is 0 Å². The lowest BCUT2D eigenvalue weighted by Crippen LogP contribution is -2.12. The van der Waals surface area contributed by atoms with Crippen molar-refractivity contribution in [3.63, 3.8) is 0 Å². The van der Waals surface area contributed by atoms with Crippen LogP contribution in [0.25, 0.3) is 10.9 Å². The summed E-state index contributed by atoms with van der Waals surface area (Å²) in [6.45, 7) is 2.19. The first-order chi connectivity index (χ1) is 11.6. The lowest BCUT2D eigenvalue weighted by atomic mass is 10.1. The molecule has 0 bridgehead atoms. The summed E-state index contributed by atoms with van der Waals surface area (Å²) in [5, 5.41) is 1.09. The van der Waals surface area contributed by atoms with Crippen LogP contribution in [0.2, 0.25) is 0 Å². The maximum atomic E-state index is 12.1. The number of nitrogens with zero attached hydrogens (tertiary/aromatic N) is 1. The molecule has 1 aromatic carbocycles. The SMILES string of the molecule is CCCCCCCCS(=O)(=O)CCSc1cccc2cccnc12. The van der Waals surface area contributed by atoms with Crippen molar-refractivity contribution >= 4 is 32.5 Å². The molecule has 1 aromatic heterocycles. The molecule has 0 atom stereocenters. The number of para-hydroxylation sites is 1. The van der Waals surface area contributed by atoms with E-state index in [1.165, 1.54) is 19.3 Å². The molecule has 1 heterocycles. The quantitative estimate of drug-likeness (QED) is 0.410. The Morgan fingerprint density at radius 2 is 1.71 bits per heavy atom. The Labute approximate surface area is 150 Å². The number of unbranched alkanes of at least 4 members (excludes halogenated alkanes) is 5. The number of thioether (sulfide) groups is 1. The van der Waals surface area contributed by atoms with Crippen molar-refractivity contribution in [1.29, 1.82) is 0 Å². The van der Waals surface area contributed by atoms with E-state index in [1.54, 1.807) is 18.0 Å². The van der Waals surface area contributed by atoms with Gasteiger partial charge in [-0.25, -0.2) is 8.42 Å². The van der Waals surface area contributed by atoms with Gasteiger partial charge in [0.1, 0.15) is 0 Å². The third-order valence-corrected chi connectivity index (χ3v) is 7.10. The van der Waals surface area contributed by atoms with Crippen molar-refractivity contribution in [1.82, 2.24) is 4.98 Å². The molecule has 0 saturated carbocycles. The monoisotopic (exact) mass is 365 g/mol. The average molecular weight is 366 g/mol. The van der Waals surface area contributed by atoms with Crippen LogP contribution in [0.4, 0.5) is 0 Å². The van der Waals surface area contributed by atoms with E-state index in [2.05, 4.69) is 11.9 Å². The maximum Gasteiger partial charge on any atom is 0.151 e. The normalized spacial score (nSPS) is 11.9. The zero-order valence-corrected chi connectivity index (χ0v) is 16.0. The summed E-state index contributed by atoms with van der Waals surface area (Å²) in [5.41, 5.74) is 0.957. The molecule has 24 heavy (non-hydrogen) atoms. The highest BCUT2D eigenvalue weighted by atomic mass is 32.2. The van der Waals surface area contributed by atoms with Crippen LogP contribution in [-0.2, 0) is 9.84 Å². The number of fused-ring (bicyclic) bond motifs is 1. The second kappa shape index (κ2) is 10.0. The zero-order chi connectivity index (χ0) is 17.3. The van der Waals surface area contributed by atoms with Crippen LogP contribution in [0.15, 0.2) is 41.4 Å². The number of pyridine rings is 1. The molecule has 0 aliphatic heterocycles. The second-order valence-electron chi connectivity index (χ2n) is 6.10. The lowest BCUT2D eigenvalue weighted by Gasteiger charge is -2.07. The Kier molecular flexibility index (Phi) is 8.06. The minimum atomic E-state index is -2.94. The maximum absolute atomic E-state index is 12.1. The van der Waals surface area contributed by atoms with Gasteiger partial charge in [-0.2, -0.15) is 0 Å². The molecule has 0 radical (unpaired) electrons. The zero-order valence-electron chi connectivity index (χ0n) is 14.4. The molecule has 0 N–H and O–H groups in total. The van der Waals surface area contributed by atoms with E-state index in [4.69, 9.17) is 0 Å². The van der Waals surface area contributed by atoms with Gasteiger partial charge in [0.15, 0.2) is 9.84 Å². The third-order valence-electron chi connectivity index (χ3n) is 4.06. The van der Waals surface area contributed by atoms with Crippen LogP contribution in [0.3, 0.4) is 0 Å². The van der Waals surface area contributed by atoms with Crippen molar-refractivity contribution in [2.45, 2.75) is 50.3 Å². The molecule has 0 unspecified atom stereocenters. The third kappa shape index (κ3) is 6.44. The summed E-state index contributed by atoms with van der Waals surface area (Å²) in [5.74, 6) is 1.16. The van der Waals surface area contributed by atoms with E-state index in [1.807, 2.05) is 30.3 Å². The van der Waals surface area contributed by atoms with Gasteiger partial charge in [-0.15, -0.1) is 11.8 Å². The lowest BCUT2D eigenvalue weighted by molar-refractivity contribution is 0.585. The van der Waals surface area contributed by atoms with Gasteiger partial charge in [0.2, 0.25) is 0 Å². The first kappa shape index (κ1) is 19.3. The van der Waals surface area contributed by atoms with Gasteiger partial charge in [0.05, 0.1) is 17.0 Å². The van der Waals surface area contributed by atoms with Crippen LogP contribution in [0.1, 0.15) is 45.4 Å². The average Bonchev–Trinajstić information content (AvgIpc) is 2.58. The van der Waals surface area contributed by atoms with Crippen LogP contribution < -0.4 is 0 Å². The molecular weight excluding hydrogens is 338 g/mol. The summed E-state index contributed by atoms with van der Waals surface area (Å²) in [7, 11) is -2.94. The summed E-state index contributed by atoms with van der Waals surface area (Å²) in [6.07, 6.45) is 8.45. The Morgan fingerprint density at radius 3 is 2.54 bits per heavy atom. The highest BCUT2D eigenvalue weighted by molar-refractivity contribution is 8.00. The smallest absolute Gasteiger partial charge is 0.151 e. The van der Waals surface area contributed by atoms with Crippen molar-refractivity contribution in [2.24, 2.45) is 0 Å². The van der Waals surface area contributed by atoms with E-state index in [0.717, 1.165) is 35.1 Å². The van der Waals surface area contributed by atoms with E-state index in [9.17, 15) is 8.42 Å².